The van der Waals surface area contributed by atoms with Crippen molar-refractivity contribution < 1.29 is 6.85 Å². The maximum Gasteiger partial charge on any atom is 0.0907 e. The molecule has 2 heterocycles. The minimum atomic E-state index is -2.51. The van der Waals surface area contributed by atoms with Crippen molar-refractivity contribution in [3.8, 4) is 0 Å². The summed E-state index contributed by atoms with van der Waals surface area (Å²) in [5.74, 6) is 0. The predicted octanol–water partition coefficient (Wildman–Crippen LogP) is 7.36. The van der Waals surface area contributed by atoms with Gasteiger partial charge in [-0.25, -0.2) is 4.98 Å². The summed E-state index contributed by atoms with van der Waals surface area (Å²) >= 11 is 1.61. The zero-order valence-electron chi connectivity index (χ0n) is 21.3. The van der Waals surface area contributed by atoms with Crippen LogP contribution in [0.2, 0.25) is 0 Å². The van der Waals surface area contributed by atoms with E-state index < -0.39 is 18.6 Å². The molecule has 0 fully saturated rings. The molecule has 0 bridgehead atoms. The first-order valence-electron chi connectivity index (χ1n) is 11.9. The number of hydrogen-bond donors (Lipinski definition) is 0. The number of pyridine rings is 1. The van der Waals surface area contributed by atoms with Crippen LogP contribution in [0.5, 0.6) is 0 Å². The molecule has 0 spiro atoms. The van der Waals surface area contributed by atoms with E-state index in [4.69, 9.17) is 6.85 Å². The lowest BCUT2D eigenvalue weighted by Gasteiger charge is -2.22. The van der Waals surface area contributed by atoms with Crippen molar-refractivity contribution >= 4 is 54.0 Å². The third kappa shape index (κ3) is 2.68. The summed E-state index contributed by atoms with van der Waals surface area (Å²) in [4.78, 5) is 9.28. The SMILES string of the molecule is [2H]C([2H])([2H])c1cnc2c3ccccc3c3cc4sc(C)nc4cc3c2c1C([2H])([2H])C(C)(C)C. The van der Waals surface area contributed by atoms with Gasteiger partial charge in [0, 0.05) is 23.8 Å². The van der Waals surface area contributed by atoms with Gasteiger partial charge in [0.15, 0.2) is 0 Å². The minimum absolute atomic E-state index is 0.0407. The van der Waals surface area contributed by atoms with Gasteiger partial charge in [0.1, 0.15) is 0 Å². The maximum atomic E-state index is 9.15. The van der Waals surface area contributed by atoms with E-state index in [1.807, 2.05) is 37.3 Å². The molecule has 0 unspecified atom stereocenters. The summed E-state index contributed by atoms with van der Waals surface area (Å²) in [7, 11) is 0. The molecule has 0 aliphatic carbocycles. The second kappa shape index (κ2) is 5.99. The number of nitrogens with zero attached hydrogens (tertiary/aromatic N) is 2. The maximum absolute atomic E-state index is 9.15. The highest BCUT2D eigenvalue weighted by Crippen LogP contribution is 2.40. The molecular formula is C25H24N2S. The predicted molar refractivity (Wildman–Crippen MR) is 123 cm³/mol. The van der Waals surface area contributed by atoms with E-state index in [0.29, 0.717) is 10.9 Å². The fraction of sp³-hybridized carbons (Fsp3) is 0.280. The van der Waals surface area contributed by atoms with Crippen molar-refractivity contribution in [2.45, 2.75) is 40.9 Å². The Bertz CT molecular complexity index is 1580. The summed E-state index contributed by atoms with van der Waals surface area (Å²) in [6.45, 7) is 4.85. The lowest BCUT2D eigenvalue weighted by atomic mass is 9.83. The molecular weight excluding hydrogens is 360 g/mol. The van der Waals surface area contributed by atoms with Crippen molar-refractivity contribution in [2.75, 3.05) is 0 Å². The van der Waals surface area contributed by atoms with Crippen LogP contribution in [-0.2, 0) is 6.37 Å². The van der Waals surface area contributed by atoms with Gasteiger partial charge in [0.2, 0.25) is 0 Å². The monoisotopic (exact) mass is 389 g/mol. The van der Waals surface area contributed by atoms with Crippen LogP contribution in [-0.4, -0.2) is 9.97 Å². The van der Waals surface area contributed by atoms with Gasteiger partial charge in [-0.15, -0.1) is 11.3 Å². The Morgan fingerprint density at radius 3 is 2.61 bits per heavy atom. The molecule has 0 saturated heterocycles. The van der Waals surface area contributed by atoms with Crippen molar-refractivity contribution in [3.63, 3.8) is 0 Å². The normalized spacial score (nSPS) is 16.2. The number of fused-ring (bicyclic) bond motifs is 7. The van der Waals surface area contributed by atoms with Gasteiger partial charge < -0.3 is 0 Å². The van der Waals surface area contributed by atoms with E-state index in [-0.39, 0.29) is 11.1 Å². The third-order valence-corrected chi connectivity index (χ3v) is 5.89. The van der Waals surface area contributed by atoms with Crippen molar-refractivity contribution in [3.05, 3.63) is 58.7 Å². The van der Waals surface area contributed by atoms with E-state index in [2.05, 4.69) is 16.0 Å². The highest BCUT2D eigenvalue weighted by molar-refractivity contribution is 7.18. The number of aromatic nitrogens is 2. The Labute approximate surface area is 176 Å². The molecule has 140 valence electrons. The van der Waals surface area contributed by atoms with Crippen LogP contribution in [0.1, 0.15) is 43.8 Å². The average molecular weight is 390 g/mol. The zero-order chi connectivity index (χ0) is 23.9. The minimum Gasteiger partial charge on any atom is -0.255 e. The Hall–Kier alpha value is -2.52. The molecule has 5 aromatic rings. The van der Waals surface area contributed by atoms with Gasteiger partial charge >= 0.3 is 0 Å². The van der Waals surface area contributed by atoms with Gasteiger partial charge in [-0.05, 0) is 65.0 Å². The van der Waals surface area contributed by atoms with Crippen LogP contribution in [0.3, 0.4) is 0 Å². The molecule has 2 aromatic heterocycles. The lowest BCUT2D eigenvalue weighted by Crippen LogP contribution is -2.11. The van der Waals surface area contributed by atoms with E-state index in [1.165, 1.54) is 6.20 Å². The molecule has 0 saturated carbocycles. The first-order chi connectivity index (χ1) is 15.3. The number of benzene rings is 3. The standard InChI is InChI=1S/C25H24N2S/c1-14-13-26-24-17-9-7-6-8-16(17)18-11-22-21(27-15(2)28-22)10-19(18)23(24)20(14)12-25(3,4)5/h6-11,13H,12H2,1-5H3/i1D3,12D2. The smallest absolute Gasteiger partial charge is 0.0907 e. The van der Waals surface area contributed by atoms with Crippen LogP contribution in [0.25, 0.3) is 42.7 Å². The highest BCUT2D eigenvalue weighted by atomic mass is 32.1. The Kier molecular flexibility index (Phi) is 2.75. The second-order valence-electron chi connectivity index (χ2n) is 8.29. The van der Waals surface area contributed by atoms with Crippen LogP contribution in [0.15, 0.2) is 42.6 Å². The molecule has 2 nitrogen and oxygen atoms in total. The summed E-state index contributed by atoms with van der Waals surface area (Å²) < 4.78 is 43.9. The van der Waals surface area contributed by atoms with E-state index in [1.54, 1.807) is 32.1 Å². The van der Waals surface area contributed by atoms with Gasteiger partial charge in [0.05, 0.1) is 20.7 Å². The first-order valence-corrected chi connectivity index (χ1v) is 10.2. The Morgan fingerprint density at radius 2 is 1.86 bits per heavy atom. The van der Waals surface area contributed by atoms with Crippen LogP contribution >= 0.6 is 11.3 Å². The summed E-state index contributed by atoms with van der Waals surface area (Å²) in [6.07, 6.45) is -0.585. The van der Waals surface area contributed by atoms with Crippen molar-refractivity contribution in [1.82, 2.24) is 9.97 Å². The largest absolute Gasteiger partial charge is 0.255 e. The van der Waals surface area contributed by atoms with Gasteiger partial charge in [-0.1, -0.05) is 45.0 Å². The zero-order valence-corrected chi connectivity index (χ0v) is 17.2. The van der Waals surface area contributed by atoms with Crippen LogP contribution in [0, 0.1) is 19.2 Å². The van der Waals surface area contributed by atoms with Crippen molar-refractivity contribution in [2.24, 2.45) is 5.41 Å². The summed E-state index contributed by atoms with van der Waals surface area (Å²) in [5.41, 5.74) is 0.743. The topological polar surface area (TPSA) is 25.8 Å². The molecule has 0 aliphatic heterocycles. The van der Waals surface area contributed by atoms with Crippen LogP contribution in [0.4, 0.5) is 0 Å². The van der Waals surface area contributed by atoms with E-state index in [9.17, 15) is 0 Å². The lowest BCUT2D eigenvalue weighted by molar-refractivity contribution is 0.412. The van der Waals surface area contributed by atoms with E-state index in [0.717, 1.165) is 36.8 Å². The van der Waals surface area contributed by atoms with E-state index >= 15 is 0 Å². The third-order valence-electron chi connectivity index (χ3n) is 4.96. The fourth-order valence-corrected chi connectivity index (χ4v) is 4.77. The van der Waals surface area contributed by atoms with Gasteiger partial charge in [-0.2, -0.15) is 0 Å². The fourth-order valence-electron chi connectivity index (χ4n) is 3.93. The summed E-state index contributed by atoms with van der Waals surface area (Å²) in [6, 6.07) is 12.0. The molecule has 5 rings (SSSR count). The first kappa shape index (κ1) is 12.8. The molecule has 0 amide bonds. The number of aryl methyl sites for hydroxylation is 2. The Morgan fingerprint density at radius 1 is 1.07 bits per heavy atom. The van der Waals surface area contributed by atoms with Gasteiger partial charge in [-0.3, -0.25) is 4.98 Å². The molecule has 0 radical (unpaired) electrons. The quantitative estimate of drug-likeness (QED) is 0.280. The molecule has 28 heavy (non-hydrogen) atoms. The molecule has 3 heteroatoms. The highest BCUT2D eigenvalue weighted by Gasteiger charge is 2.20. The molecule has 0 N–H and O–H groups in total. The Balaban J connectivity index is 2.15. The van der Waals surface area contributed by atoms with Crippen molar-refractivity contribution in [1.29, 1.82) is 0 Å². The molecule has 3 aromatic carbocycles. The number of hydrogen-bond acceptors (Lipinski definition) is 3. The average Bonchev–Trinajstić information content (AvgIpc) is 3.09. The number of thiazole rings is 1. The number of rotatable bonds is 1. The van der Waals surface area contributed by atoms with Crippen LogP contribution < -0.4 is 0 Å². The summed E-state index contributed by atoms with van der Waals surface area (Å²) in [5, 5.41) is 5.12. The molecule has 0 atom stereocenters. The van der Waals surface area contributed by atoms with Gasteiger partial charge in [0.25, 0.3) is 0 Å². The second-order valence-corrected chi connectivity index (χ2v) is 9.52. The molecule has 0 aliphatic rings.